The number of hydrogen-bond donors (Lipinski definition) is 2. The largest absolute Gasteiger partial charge is 0.371 e. The van der Waals surface area contributed by atoms with Crippen LogP contribution in [0.1, 0.15) is 19.3 Å². The van der Waals surface area contributed by atoms with Gasteiger partial charge in [-0.1, -0.05) is 18.2 Å². The highest BCUT2D eigenvalue weighted by atomic mass is 35.5. The second kappa shape index (κ2) is 10.4. The van der Waals surface area contributed by atoms with Gasteiger partial charge in [-0.25, -0.2) is 4.98 Å². The molecule has 1 aromatic carbocycles. The van der Waals surface area contributed by atoms with Crippen molar-refractivity contribution in [1.29, 1.82) is 0 Å². The average Bonchev–Trinajstić information content (AvgIpc) is 3.29. The average molecular weight is 470 g/mol. The Hall–Kier alpha value is -2.84. The number of carbonyl (C=O) groups is 1. The fraction of sp³-hybridized carbons (Fsp3) is 0.458. The zero-order valence-corrected chi connectivity index (χ0v) is 20.1. The van der Waals surface area contributed by atoms with Crippen LogP contribution in [0, 0.1) is 0 Å². The number of carbonyl (C=O) groups excluding carboxylic acids is 1. The first-order valence-corrected chi connectivity index (χ1v) is 11.8. The number of anilines is 4. The molecule has 0 radical (unpaired) electrons. The van der Waals surface area contributed by atoms with E-state index in [0.29, 0.717) is 29.4 Å². The Labute approximate surface area is 200 Å². The molecule has 33 heavy (non-hydrogen) atoms. The van der Waals surface area contributed by atoms with Gasteiger partial charge in [-0.15, -0.1) is 0 Å². The third-order valence-electron chi connectivity index (χ3n) is 6.43. The summed E-state index contributed by atoms with van der Waals surface area (Å²) in [7, 11) is 4.32. The van der Waals surface area contributed by atoms with E-state index in [1.165, 1.54) is 24.6 Å². The van der Waals surface area contributed by atoms with Crippen LogP contribution in [-0.4, -0.2) is 73.1 Å². The summed E-state index contributed by atoms with van der Waals surface area (Å²) in [4.78, 5) is 27.4. The van der Waals surface area contributed by atoms with Gasteiger partial charge in [0.05, 0.1) is 6.20 Å². The summed E-state index contributed by atoms with van der Waals surface area (Å²) in [5, 5.41) is 6.71. The minimum absolute atomic E-state index is 0.0493. The third kappa shape index (κ3) is 5.75. The molecule has 2 aromatic rings. The summed E-state index contributed by atoms with van der Waals surface area (Å²) in [5.41, 5.74) is 2.16. The Bertz CT molecular complexity index is 973. The van der Waals surface area contributed by atoms with Gasteiger partial charge in [-0.05, 0) is 63.7 Å². The van der Waals surface area contributed by atoms with E-state index < -0.39 is 0 Å². The van der Waals surface area contributed by atoms with Crippen LogP contribution in [0.4, 0.5) is 23.1 Å². The summed E-state index contributed by atoms with van der Waals surface area (Å²) in [6.45, 7) is 7.06. The van der Waals surface area contributed by atoms with Crippen LogP contribution in [0.25, 0.3) is 0 Å². The number of amides is 1. The van der Waals surface area contributed by atoms with Crippen molar-refractivity contribution in [3.8, 4) is 0 Å². The summed E-state index contributed by atoms with van der Waals surface area (Å²) < 4.78 is 0. The lowest BCUT2D eigenvalue weighted by Crippen LogP contribution is -2.41. The normalized spacial score (nSPS) is 19.1. The van der Waals surface area contributed by atoms with Gasteiger partial charge < -0.3 is 25.3 Å². The number of piperidine rings is 1. The van der Waals surface area contributed by atoms with Gasteiger partial charge in [-0.2, -0.15) is 4.98 Å². The van der Waals surface area contributed by atoms with E-state index in [1.54, 1.807) is 6.20 Å². The van der Waals surface area contributed by atoms with Gasteiger partial charge in [0.15, 0.2) is 5.82 Å². The third-order valence-corrected chi connectivity index (χ3v) is 6.70. The maximum atomic E-state index is 11.6. The van der Waals surface area contributed by atoms with Crippen molar-refractivity contribution >= 4 is 40.6 Å². The lowest BCUT2D eigenvalue weighted by Gasteiger charge is -2.36. The molecule has 8 nitrogen and oxygen atoms in total. The molecular formula is C24H32ClN7O. The minimum Gasteiger partial charge on any atom is -0.371 e. The molecule has 3 heterocycles. The van der Waals surface area contributed by atoms with Crippen molar-refractivity contribution < 1.29 is 4.79 Å². The van der Waals surface area contributed by atoms with Crippen molar-refractivity contribution in [1.82, 2.24) is 20.2 Å². The maximum absolute atomic E-state index is 11.6. The van der Waals surface area contributed by atoms with Crippen molar-refractivity contribution in [3.63, 3.8) is 0 Å². The SMILES string of the molecule is C=CC(=O)N[C@@H]1CCN(c2nc(Nc3ccc(N4CCC(N(C)C)CC4)cc3)ncc2Cl)C1. The number of hydrogen-bond acceptors (Lipinski definition) is 7. The number of rotatable bonds is 7. The Morgan fingerprint density at radius 2 is 1.85 bits per heavy atom. The van der Waals surface area contributed by atoms with Gasteiger partial charge >= 0.3 is 0 Å². The van der Waals surface area contributed by atoms with Gasteiger partial charge in [0, 0.05) is 49.6 Å². The molecular weight excluding hydrogens is 438 g/mol. The zero-order chi connectivity index (χ0) is 23.4. The number of halogens is 1. The molecule has 0 unspecified atom stereocenters. The van der Waals surface area contributed by atoms with E-state index >= 15 is 0 Å². The highest BCUT2D eigenvalue weighted by Crippen LogP contribution is 2.29. The molecule has 1 atom stereocenters. The molecule has 1 amide bonds. The first-order chi connectivity index (χ1) is 15.9. The standard InChI is InChI=1S/C24H32ClN7O/c1-4-22(33)27-18-9-12-32(16-18)23-21(25)15-26-24(29-23)28-17-5-7-20(8-6-17)31-13-10-19(11-14-31)30(2)3/h4-8,15,18-19H,1,9-14,16H2,2-3H3,(H,27,33)(H,26,28,29)/t18-/m1/s1. The molecule has 2 N–H and O–H groups in total. The van der Waals surface area contributed by atoms with Crippen LogP contribution < -0.4 is 20.4 Å². The maximum Gasteiger partial charge on any atom is 0.243 e. The van der Waals surface area contributed by atoms with Gasteiger partial charge in [0.25, 0.3) is 0 Å². The van der Waals surface area contributed by atoms with Crippen LogP contribution in [0.15, 0.2) is 43.1 Å². The van der Waals surface area contributed by atoms with Crippen LogP contribution >= 0.6 is 11.6 Å². The molecule has 4 rings (SSSR count). The van der Waals surface area contributed by atoms with Crippen molar-refractivity contribution in [3.05, 3.63) is 48.1 Å². The van der Waals surface area contributed by atoms with E-state index in [-0.39, 0.29) is 11.9 Å². The Kier molecular flexibility index (Phi) is 7.35. The molecule has 2 aliphatic rings. The predicted octanol–water partition coefficient (Wildman–Crippen LogP) is 3.28. The minimum atomic E-state index is -0.163. The molecule has 0 spiro atoms. The quantitative estimate of drug-likeness (QED) is 0.602. The number of benzene rings is 1. The fourth-order valence-corrected chi connectivity index (χ4v) is 4.71. The lowest BCUT2D eigenvalue weighted by atomic mass is 10.0. The highest BCUT2D eigenvalue weighted by Gasteiger charge is 2.26. The highest BCUT2D eigenvalue weighted by molar-refractivity contribution is 6.32. The zero-order valence-electron chi connectivity index (χ0n) is 19.3. The molecule has 0 bridgehead atoms. The number of nitrogens with one attached hydrogen (secondary N) is 2. The van der Waals surface area contributed by atoms with E-state index in [9.17, 15) is 4.79 Å². The Morgan fingerprint density at radius 3 is 2.52 bits per heavy atom. The summed E-state index contributed by atoms with van der Waals surface area (Å²) >= 11 is 6.39. The predicted molar refractivity (Wildman–Crippen MR) is 135 cm³/mol. The van der Waals surface area contributed by atoms with Crippen LogP contribution in [0.3, 0.4) is 0 Å². The Balaban J connectivity index is 1.38. The molecule has 9 heteroatoms. The lowest BCUT2D eigenvalue weighted by molar-refractivity contribution is -0.117. The van der Waals surface area contributed by atoms with Crippen molar-refractivity contribution in [2.24, 2.45) is 0 Å². The van der Waals surface area contributed by atoms with E-state index in [4.69, 9.17) is 11.6 Å². The van der Waals surface area contributed by atoms with E-state index in [0.717, 1.165) is 31.7 Å². The second-order valence-corrected chi connectivity index (χ2v) is 9.27. The van der Waals surface area contributed by atoms with Crippen LogP contribution in [0.2, 0.25) is 5.02 Å². The van der Waals surface area contributed by atoms with Crippen LogP contribution in [0.5, 0.6) is 0 Å². The first kappa shape index (κ1) is 23.3. The molecule has 2 saturated heterocycles. The van der Waals surface area contributed by atoms with Gasteiger partial charge in [0.1, 0.15) is 5.02 Å². The molecule has 176 valence electrons. The van der Waals surface area contributed by atoms with E-state index in [2.05, 4.69) is 80.2 Å². The van der Waals surface area contributed by atoms with E-state index in [1.807, 2.05) is 0 Å². The number of nitrogens with zero attached hydrogens (tertiary/aromatic N) is 5. The van der Waals surface area contributed by atoms with Crippen molar-refractivity contribution in [2.45, 2.75) is 31.3 Å². The second-order valence-electron chi connectivity index (χ2n) is 8.86. The monoisotopic (exact) mass is 469 g/mol. The Morgan fingerprint density at radius 1 is 1.15 bits per heavy atom. The molecule has 2 aliphatic heterocycles. The number of aromatic nitrogens is 2. The van der Waals surface area contributed by atoms with Gasteiger partial charge in [-0.3, -0.25) is 4.79 Å². The van der Waals surface area contributed by atoms with Gasteiger partial charge in [0.2, 0.25) is 11.9 Å². The summed E-state index contributed by atoms with van der Waals surface area (Å²) in [5.74, 6) is 1.00. The molecule has 1 aromatic heterocycles. The smallest absolute Gasteiger partial charge is 0.243 e. The molecule has 2 fully saturated rings. The molecule has 0 aliphatic carbocycles. The summed E-state index contributed by atoms with van der Waals surface area (Å²) in [6, 6.07) is 9.12. The van der Waals surface area contributed by atoms with Crippen molar-refractivity contribution in [2.75, 3.05) is 55.4 Å². The fourth-order valence-electron chi connectivity index (χ4n) is 4.50. The first-order valence-electron chi connectivity index (χ1n) is 11.4. The summed E-state index contributed by atoms with van der Waals surface area (Å²) in [6.07, 6.45) is 6.10. The molecule has 0 saturated carbocycles. The topological polar surface area (TPSA) is 76.6 Å². The van der Waals surface area contributed by atoms with Crippen LogP contribution in [-0.2, 0) is 4.79 Å².